The summed E-state index contributed by atoms with van der Waals surface area (Å²) in [5, 5.41) is 3.48. The zero-order valence-electron chi connectivity index (χ0n) is 10.8. The van der Waals surface area contributed by atoms with Crippen molar-refractivity contribution in [3.05, 3.63) is 58.6 Å². The fourth-order valence-electron chi connectivity index (χ4n) is 2.05. The predicted octanol–water partition coefficient (Wildman–Crippen LogP) is 4.75. The van der Waals surface area contributed by atoms with Crippen LogP contribution in [0.2, 0.25) is 5.02 Å². The first-order chi connectivity index (χ1) is 9.43. The Labute approximate surface area is 120 Å². The monoisotopic (exact) mass is 299 g/mol. The van der Waals surface area contributed by atoms with Gasteiger partial charge in [0, 0.05) is 11.6 Å². The molecular weight excluding hydrogens is 287 g/mol. The third-order valence-electron chi connectivity index (χ3n) is 2.96. The lowest BCUT2D eigenvalue weighted by molar-refractivity contribution is -0.137. The van der Waals surface area contributed by atoms with Gasteiger partial charge in [-0.1, -0.05) is 35.9 Å². The first kappa shape index (κ1) is 14.9. The third-order valence-corrected chi connectivity index (χ3v) is 3.33. The lowest BCUT2D eigenvalue weighted by atomic mass is 9.97. The molecule has 0 heterocycles. The van der Waals surface area contributed by atoms with Gasteiger partial charge in [0.2, 0.25) is 0 Å². The fourth-order valence-corrected chi connectivity index (χ4v) is 2.23. The molecule has 0 amide bonds. The molecule has 0 bridgehead atoms. The maximum atomic E-state index is 13.0. The van der Waals surface area contributed by atoms with Gasteiger partial charge >= 0.3 is 6.18 Å². The smallest absolute Gasteiger partial charge is 0.316 e. The second-order valence-corrected chi connectivity index (χ2v) is 4.79. The van der Waals surface area contributed by atoms with Crippen molar-refractivity contribution < 1.29 is 13.2 Å². The molecule has 1 N–H and O–H groups in total. The maximum Gasteiger partial charge on any atom is 0.417 e. The first-order valence-corrected chi connectivity index (χ1v) is 6.41. The van der Waals surface area contributed by atoms with Crippen molar-refractivity contribution in [1.29, 1.82) is 0 Å². The van der Waals surface area contributed by atoms with E-state index in [9.17, 15) is 13.2 Å². The summed E-state index contributed by atoms with van der Waals surface area (Å²) in [6, 6.07) is 10.4. The van der Waals surface area contributed by atoms with Gasteiger partial charge in [0.05, 0.1) is 5.56 Å². The summed E-state index contributed by atoms with van der Waals surface area (Å²) in [7, 11) is 1.76. The number of benzene rings is 2. The van der Waals surface area contributed by atoms with E-state index in [-0.39, 0.29) is 5.56 Å². The molecule has 106 valence electrons. The summed E-state index contributed by atoms with van der Waals surface area (Å²) in [6.07, 6.45) is -4.38. The summed E-state index contributed by atoms with van der Waals surface area (Å²) in [5.41, 5.74) is 0.794. The highest BCUT2D eigenvalue weighted by Gasteiger charge is 2.33. The molecule has 0 spiro atoms. The summed E-state index contributed by atoms with van der Waals surface area (Å²) < 4.78 is 39.1. The average molecular weight is 300 g/mol. The Bertz CT molecular complexity index is 608. The van der Waals surface area contributed by atoms with Gasteiger partial charge in [0.15, 0.2) is 0 Å². The molecule has 0 fully saturated rings. The van der Waals surface area contributed by atoms with E-state index < -0.39 is 11.7 Å². The molecule has 5 heteroatoms. The molecule has 2 rings (SSSR count). The minimum Gasteiger partial charge on any atom is -0.316 e. The molecule has 0 radical (unpaired) electrons. The van der Waals surface area contributed by atoms with Gasteiger partial charge in [0.25, 0.3) is 0 Å². The number of halogens is 4. The minimum absolute atomic E-state index is 0.161. The van der Waals surface area contributed by atoms with E-state index in [2.05, 4.69) is 5.32 Å². The molecule has 1 nitrogen and oxygen atoms in total. The van der Waals surface area contributed by atoms with Crippen molar-refractivity contribution in [2.75, 3.05) is 7.05 Å². The summed E-state index contributed by atoms with van der Waals surface area (Å²) >= 11 is 6.03. The van der Waals surface area contributed by atoms with Crippen molar-refractivity contribution >= 4 is 11.6 Å². The van der Waals surface area contributed by atoms with E-state index >= 15 is 0 Å². The number of alkyl halides is 3. The Morgan fingerprint density at radius 1 is 1.10 bits per heavy atom. The SMILES string of the molecule is CNCc1cc(-c2ccccc2C(F)(F)F)ccc1Cl. The zero-order chi connectivity index (χ0) is 14.8. The van der Waals surface area contributed by atoms with E-state index in [0.717, 1.165) is 11.6 Å². The van der Waals surface area contributed by atoms with Crippen LogP contribution in [0.5, 0.6) is 0 Å². The highest BCUT2D eigenvalue weighted by molar-refractivity contribution is 6.31. The van der Waals surface area contributed by atoms with Gasteiger partial charge < -0.3 is 5.32 Å². The molecule has 2 aromatic carbocycles. The Morgan fingerprint density at radius 3 is 2.45 bits per heavy atom. The standard InChI is InChI=1S/C15H13ClF3N/c1-20-9-11-8-10(6-7-14(11)16)12-4-2-3-5-13(12)15(17,18)19/h2-8,20H,9H2,1H3. The van der Waals surface area contributed by atoms with Crippen molar-refractivity contribution in [3.8, 4) is 11.1 Å². The molecule has 20 heavy (non-hydrogen) atoms. The van der Waals surface area contributed by atoms with Crippen LogP contribution in [0.1, 0.15) is 11.1 Å². The zero-order valence-corrected chi connectivity index (χ0v) is 11.5. The lowest BCUT2D eigenvalue weighted by Crippen LogP contribution is -2.08. The van der Waals surface area contributed by atoms with Crippen LogP contribution in [0.3, 0.4) is 0 Å². The number of nitrogens with one attached hydrogen (secondary N) is 1. The van der Waals surface area contributed by atoms with Crippen molar-refractivity contribution in [3.63, 3.8) is 0 Å². The molecule has 0 saturated heterocycles. The van der Waals surface area contributed by atoms with Crippen LogP contribution >= 0.6 is 11.6 Å². The Balaban J connectivity index is 2.55. The van der Waals surface area contributed by atoms with Gasteiger partial charge in [-0.15, -0.1) is 0 Å². The van der Waals surface area contributed by atoms with Crippen LogP contribution in [-0.2, 0) is 12.7 Å². The molecule has 0 aromatic heterocycles. The molecule has 0 atom stereocenters. The number of rotatable bonds is 3. The van der Waals surface area contributed by atoms with Crippen LogP contribution in [-0.4, -0.2) is 7.05 Å². The van der Waals surface area contributed by atoms with Crippen LogP contribution < -0.4 is 5.32 Å². The van der Waals surface area contributed by atoms with E-state index in [0.29, 0.717) is 17.1 Å². The van der Waals surface area contributed by atoms with E-state index in [4.69, 9.17) is 11.6 Å². The Hall–Kier alpha value is -1.52. The number of hydrogen-bond acceptors (Lipinski definition) is 1. The first-order valence-electron chi connectivity index (χ1n) is 6.03. The fraction of sp³-hybridized carbons (Fsp3) is 0.200. The van der Waals surface area contributed by atoms with Crippen molar-refractivity contribution in [1.82, 2.24) is 5.32 Å². The molecule has 0 saturated carbocycles. The van der Waals surface area contributed by atoms with E-state index in [1.807, 2.05) is 0 Å². The number of hydrogen-bond donors (Lipinski definition) is 1. The van der Waals surface area contributed by atoms with Crippen LogP contribution in [0, 0.1) is 0 Å². The highest BCUT2D eigenvalue weighted by Crippen LogP contribution is 2.37. The molecule has 2 aromatic rings. The van der Waals surface area contributed by atoms with Gasteiger partial charge in [-0.25, -0.2) is 0 Å². The Kier molecular flexibility index (Phi) is 4.35. The molecule has 0 aliphatic carbocycles. The minimum atomic E-state index is -4.38. The quantitative estimate of drug-likeness (QED) is 0.863. The van der Waals surface area contributed by atoms with Crippen LogP contribution in [0.4, 0.5) is 13.2 Å². The molecule has 0 aliphatic heterocycles. The molecular formula is C15H13ClF3N. The topological polar surface area (TPSA) is 12.0 Å². The van der Waals surface area contributed by atoms with Crippen LogP contribution in [0.15, 0.2) is 42.5 Å². The summed E-state index contributed by atoms with van der Waals surface area (Å²) in [6.45, 7) is 0.501. The third kappa shape index (κ3) is 3.14. The molecule has 0 aliphatic rings. The second kappa shape index (κ2) is 5.85. The average Bonchev–Trinajstić information content (AvgIpc) is 2.41. The van der Waals surface area contributed by atoms with Crippen molar-refractivity contribution in [2.24, 2.45) is 0 Å². The van der Waals surface area contributed by atoms with Gasteiger partial charge in [-0.3, -0.25) is 0 Å². The maximum absolute atomic E-state index is 13.0. The van der Waals surface area contributed by atoms with E-state index in [1.54, 1.807) is 31.3 Å². The predicted molar refractivity (Wildman–Crippen MR) is 74.7 cm³/mol. The van der Waals surface area contributed by atoms with Crippen molar-refractivity contribution in [2.45, 2.75) is 12.7 Å². The summed E-state index contributed by atoms with van der Waals surface area (Å²) in [5.74, 6) is 0. The normalized spacial score (nSPS) is 11.7. The highest BCUT2D eigenvalue weighted by atomic mass is 35.5. The Morgan fingerprint density at radius 2 is 1.80 bits per heavy atom. The largest absolute Gasteiger partial charge is 0.417 e. The van der Waals surface area contributed by atoms with Gasteiger partial charge in [-0.2, -0.15) is 13.2 Å². The summed E-state index contributed by atoms with van der Waals surface area (Å²) in [4.78, 5) is 0. The van der Waals surface area contributed by atoms with Gasteiger partial charge in [-0.05, 0) is 41.9 Å². The van der Waals surface area contributed by atoms with Gasteiger partial charge in [0.1, 0.15) is 0 Å². The lowest BCUT2D eigenvalue weighted by Gasteiger charge is -2.14. The van der Waals surface area contributed by atoms with Crippen LogP contribution in [0.25, 0.3) is 11.1 Å². The van der Waals surface area contributed by atoms with E-state index in [1.165, 1.54) is 12.1 Å². The second-order valence-electron chi connectivity index (χ2n) is 4.38. The molecule has 0 unspecified atom stereocenters.